The molecule has 1 atom stereocenters. The van der Waals surface area contributed by atoms with Gasteiger partial charge in [0.05, 0.1) is 11.1 Å². The minimum absolute atomic E-state index is 0.00474. The van der Waals surface area contributed by atoms with Crippen molar-refractivity contribution in [3.05, 3.63) is 68.7 Å². The van der Waals surface area contributed by atoms with Crippen molar-refractivity contribution in [2.45, 2.75) is 12.5 Å². The van der Waals surface area contributed by atoms with Crippen molar-refractivity contribution < 1.29 is 13.9 Å². The highest BCUT2D eigenvalue weighted by atomic mass is 79.9. The second-order valence-electron chi connectivity index (χ2n) is 4.14. The maximum atomic E-state index is 13.7. The van der Waals surface area contributed by atoms with Gasteiger partial charge in [-0.1, -0.05) is 39.7 Å². The zero-order chi connectivity index (χ0) is 14.0. The molecule has 19 heavy (non-hydrogen) atoms. The second kappa shape index (κ2) is 5.99. The fraction of sp³-hybridized carbons (Fsp3) is 0.143. The minimum atomic E-state index is -1.00. The number of rotatable bonds is 3. The summed E-state index contributed by atoms with van der Waals surface area (Å²) < 4.78 is 27.5. The van der Waals surface area contributed by atoms with Crippen molar-refractivity contribution in [2.75, 3.05) is 0 Å². The van der Waals surface area contributed by atoms with Gasteiger partial charge in [0.15, 0.2) is 0 Å². The topological polar surface area (TPSA) is 20.2 Å². The van der Waals surface area contributed by atoms with Crippen LogP contribution in [0.15, 0.2) is 40.9 Å². The molecule has 0 aromatic heterocycles. The van der Waals surface area contributed by atoms with Crippen LogP contribution in [0, 0.1) is 11.6 Å². The lowest BCUT2D eigenvalue weighted by atomic mass is 10.0. The first-order valence-corrected chi connectivity index (χ1v) is 6.71. The third kappa shape index (κ3) is 3.53. The summed E-state index contributed by atoms with van der Waals surface area (Å²) in [7, 11) is 0. The van der Waals surface area contributed by atoms with E-state index in [1.165, 1.54) is 18.2 Å². The molecule has 2 aromatic rings. The van der Waals surface area contributed by atoms with Crippen molar-refractivity contribution in [1.82, 2.24) is 0 Å². The first-order valence-electron chi connectivity index (χ1n) is 5.54. The molecule has 0 saturated carbocycles. The molecule has 2 rings (SSSR count). The quantitative estimate of drug-likeness (QED) is 0.856. The van der Waals surface area contributed by atoms with Crippen LogP contribution >= 0.6 is 27.5 Å². The van der Waals surface area contributed by atoms with Gasteiger partial charge in [-0.2, -0.15) is 0 Å². The van der Waals surface area contributed by atoms with Gasteiger partial charge >= 0.3 is 0 Å². The first kappa shape index (κ1) is 14.4. The van der Waals surface area contributed by atoms with Gasteiger partial charge in [-0.25, -0.2) is 8.78 Å². The van der Waals surface area contributed by atoms with E-state index in [1.807, 2.05) is 0 Å². The summed E-state index contributed by atoms with van der Waals surface area (Å²) in [5.41, 5.74) is 0.673. The fourth-order valence-electron chi connectivity index (χ4n) is 1.80. The van der Waals surface area contributed by atoms with Crippen LogP contribution < -0.4 is 0 Å². The highest BCUT2D eigenvalue weighted by Gasteiger charge is 2.14. The third-order valence-electron chi connectivity index (χ3n) is 2.71. The molecule has 0 aliphatic carbocycles. The van der Waals surface area contributed by atoms with Crippen LogP contribution in [0.5, 0.6) is 0 Å². The monoisotopic (exact) mass is 346 g/mol. The van der Waals surface area contributed by atoms with E-state index < -0.39 is 17.7 Å². The van der Waals surface area contributed by atoms with Gasteiger partial charge in [0.25, 0.3) is 0 Å². The molecule has 100 valence electrons. The number of benzene rings is 2. The van der Waals surface area contributed by atoms with Crippen molar-refractivity contribution in [3.8, 4) is 0 Å². The Morgan fingerprint density at radius 1 is 1.21 bits per heavy atom. The standard InChI is InChI=1S/C14H10BrClF2O/c15-10-4-9(5-11(17)7-10)13(19)6-8-2-1-3-12(16)14(8)18/h1-5,7,13,19H,6H2. The first-order chi connectivity index (χ1) is 8.97. The van der Waals surface area contributed by atoms with Gasteiger partial charge in [-0.05, 0) is 35.4 Å². The van der Waals surface area contributed by atoms with E-state index in [2.05, 4.69) is 15.9 Å². The van der Waals surface area contributed by atoms with Crippen molar-refractivity contribution in [2.24, 2.45) is 0 Å². The summed E-state index contributed by atoms with van der Waals surface area (Å²) >= 11 is 8.82. The SMILES string of the molecule is OC(Cc1cccc(Cl)c1F)c1cc(F)cc(Br)c1. The maximum Gasteiger partial charge on any atom is 0.145 e. The molecule has 0 spiro atoms. The molecule has 5 heteroatoms. The summed E-state index contributed by atoms with van der Waals surface area (Å²) in [6.07, 6.45) is -0.970. The zero-order valence-corrected chi connectivity index (χ0v) is 12.0. The molecule has 0 aliphatic heterocycles. The Morgan fingerprint density at radius 3 is 2.63 bits per heavy atom. The number of hydrogen-bond acceptors (Lipinski definition) is 1. The van der Waals surface area contributed by atoms with E-state index in [0.717, 1.165) is 0 Å². The van der Waals surface area contributed by atoms with E-state index in [1.54, 1.807) is 18.2 Å². The summed E-state index contributed by atoms with van der Waals surface area (Å²) in [4.78, 5) is 0. The zero-order valence-electron chi connectivity index (χ0n) is 9.71. The van der Waals surface area contributed by atoms with Gasteiger partial charge in [0, 0.05) is 10.9 Å². The summed E-state index contributed by atoms with van der Waals surface area (Å²) in [6.45, 7) is 0. The van der Waals surface area contributed by atoms with Gasteiger partial charge in [-0.3, -0.25) is 0 Å². The number of aliphatic hydroxyl groups is 1. The molecule has 0 aliphatic rings. The number of hydrogen-bond donors (Lipinski definition) is 1. The third-order valence-corrected chi connectivity index (χ3v) is 3.46. The summed E-state index contributed by atoms with van der Waals surface area (Å²) in [5.74, 6) is -1.02. The Balaban J connectivity index is 2.25. The Bertz CT molecular complexity index is 584. The molecule has 1 N–H and O–H groups in total. The Morgan fingerprint density at radius 2 is 1.95 bits per heavy atom. The Labute approximate surface area is 123 Å². The summed E-state index contributed by atoms with van der Waals surface area (Å²) in [6, 6.07) is 8.68. The van der Waals surface area contributed by atoms with Crippen molar-refractivity contribution in [3.63, 3.8) is 0 Å². The average molecular weight is 348 g/mol. The lowest BCUT2D eigenvalue weighted by Crippen LogP contribution is -2.04. The minimum Gasteiger partial charge on any atom is -0.388 e. The van der Waals surface area contributed by atoms with Gasteiger partial charge in [0.2, 0.25) is 0 Å². The lowest BCUT2D eigenvalue weighted by Gasteiger charge is -2.13. The molecule has 0 saturated heterocycles. The smallest absolute Gasteiger partial charge is 0.145 e. The van der Waals surface area contributed by atoms with Gasteiger partial charge < -0.3 is 5.11 Å². The lowest BCUT2D eigenvalue weighted by molar-refractivity contribution is 0.176. The molecule has 0 amide bonds. The van der Waals surface area contributed by atoms with E-state index in [-0.39, 0.29) is 11.4 Å². The molecule has 0 radical (unpaired) electrons. The molecular weight excluding hydrogens is 338 g/mol. The normalized spacial score (nSPS) is 12.5. The van der Waals surface area contributed by atoms with Crippen molar-refractivity contribution in [1.29, 1.82) is 0 Å². The second-order valence-corrected chi connectivity index (χ2v) is 5.46. The van der Waals surface area contributed by atoms with E-state index in [9.17, 15) is 13.9 Å². The molecule has 1 unspecified atom stereocenters. The Kier molecular flexibility index (Phi) is 4.55. The van der Waals surface area contributed by atoms with E-state index in [4.69, 9.17) is 11.6 Å². The van der Waals surface area contributed by atoms with Crippen LogP contribution in [-0.2, 0) is 6.42 Å². The van der Waals surface area contributed by atoms with Gasteiger partial charge in [-0.15, -0.1) is 0 Å². The highest BCUT2D eigenvalue weighted by molar-refractivity contribution is 9.10. The van der Waals surface area contributed by atoms with E-state index >= 15 is 0 Å². The van der Waals surface area contributed by atoms with Gasteiger partial charge in [0.1, 0.15) is 11.6 Å². The largest absolute Gasteiger partial charge is 0.388 e. The fourth-order valence-corrected chi connectivity index (χ4v) is 2.48. The highest BCUT2D eigenvalue weighted by Crippen LogP contribution is 2.26. The molecule has 0 fully saturated rings. The van der Waals surface area contributed by atoms with Crippen LogP contribution in [-0.4, -0.2) is 5.11 Å². The van der Waals surface area contributed by atoms with Crippen LogP contribution in [0.25, 0.3) is 0 Å². The molecule has 0 bridgehead atoms. The molecule has 2 aromatic carbocycles. The summed E-state index contributed by atoms with van der Waals surface area (Å²) in [5, 5.41) is 10.0. The van der Waals surface area contributed by atoms with Crippen LogP contribution in [0.4, 0.5) is 8.78 Å². The predicted octanol–water partition coefficient (Wildman–Crippen LogP) is 4.66. The molecular formula is C14H10BrClF2O. The van der Waals surface area contributed by atoms with Crippen LogP contribution in [0.2, 0.25) is 5.02 Å². The Hall–Kier alpha value is -0.970. The van der Waals surface area contributed by atoms with E-state index in [0.29, 0.717) is 15.6 Å². The number of aliphatic hydroxyl groups excluding tert-OH is 1. The average Bonchev–Trinajstić information content (AvgIpc) is 2.33. The predicted molar refractivity (Wildman–Crippen MR) is 74.2 cm³/mol. The van der Waals surface area contributed by atoms with Crippen molar-refractivity contribution >= 4 is 27.5 Å². The van der Waals surface area contributed by atoms with Crippen LogP contribution in [0.3, 0.4) is 0 Å². The number of halogens is 4. The van der Waals surface area contributed by atoms with Crippen LogP contribution in [0.1, 0.15) is 17.2 Å². The molecule has 1 nitrogen and oxygen atoms in total. The molecule has 0 heterocycles. The maximum absolute atomic E-state index is 13.7.